The molecular formula is C8H3FN2. The largest absolute Gasteiger partial charge is 0.238 e. The highest BCUT2D eigenvalue weighted by Crippen LogP contribution is 2.15. The molecule has 0 fully saturated rings. The maximum Gasteiger partial charge on any atom is 0.190 e. The van der Waals surface area contributed by atoms with Crippen molar-refractivity contribution in [3.63, 3.8) is 0 Å². The lowest BCUT2D eigenvalue weighted by molar-refractivity contribution is 0.625. The normalized spacial score (nSPS) is 8.27. The molecule has 0 spiro atoms. The summed E-state index contributed by atoms with van der Waals surface area (Å²) in [5.74, 6) is -0.638. The van der Waals surface area contributed by atoms with Gasteiger partial charge in [0.05, 0.1) is 12.1 Å². The van der Waals surface area contributed by atoms with E-state index in [0.717, 1.165) is 6.07 Å². The molecule has 2 nitrogen and oxygen atoms in total. The number of halogens is 1. The predicted molar refractivity (Wildman–Crippen MR) is 37.4 cm³/mol. The van der Waals surface area contributed by atoms with Crippen LogP contribution in [0, 0.1) is 23.7 Å². The van der Waals surface area contributed by atoms with Crippen LogP contribution >= 0.6 is 0 Å². The van der Waals surface area contributed by atoms with Gasteiger partial charge in [0.2, 0.25) is 0 Å². The van der Waals surface area contributed by atoms with Gasteiger partial charge in [-0.25, -0.2) is 9.24 Å². The van der Waals surface area contributed by atoms with Crippen LogP contribution in [-0.2, 0) is 0 Å². The average molecular weight is 146 g/mol. The average Bonchev–Trinajstić information content (AvgIpc) is 2.04. The van der Waals surface area contributed by atoms with E-state index < -0.39 is 5.82 Å². The van der Waals surface area contributed by atoms with E-state index in [1.165, 1.54) is 12.1 Å². The minimum atomic E-state index is -0.638. The molecule has 0 bridgehead atoms. The van der Waals surface area contributed by atoms with Gasteiger partial charge in [0.1, 0.15) is 11.9 Å². The van der Waals surface area contributed by atoms with Crippen molar-refractivity contribution in [2.45, 2.75) is 0 Å². The minimum absolute atomic E-state index is 0.0302. The zero-order valence-electron chi connectivity index (χ0n) is 5.50. The molecule has 3 heteroatoms. The summed E-state index contributed by atoms with van der Waals surface area (Å²) in [6.07, 6.45) is 0. The Hall–Kier alpha value is -1.87. The second-order valence-electron chi connectivity index (χ2n) is 1.89. The third-order valence-electron chi connectivity index (χ3n) is 1.20. The topological polar surface area (TPSA) is 28.1 Å². The van der Waals surface area contributed by atoms with Crippen molar-refractivity contribution < 1.29 is 4.39 Å². The molecule has 1 aromatic carbocycles. The highest BCUT2D eigenvalue weighted by Gasteiger charge is 2.00. The van der Waals surface area contributed by atoms with Gasteiger partial charge in [-0.1, -0.05) is 12.1 Å². The highest BCUT2D eigenvalue weighted by atomic mass is 19.1. The Morgan fingerprint density at radius 2 is 2.27 bits per heavy atom. The van der Waals surface area contributed by atoms with Gasteiger partial charge >= 0.3 is 0 Å². The monoisotopic (exact) mass is 146 g/mol. The molecule has 11 heavy (non-hydrogen) atoms. The fourth-order valence-electron chi connectivity index (χ4n) is 0.664. The van der Waals surface area contributed by atoms with E-state index in [1.807, 2.05) is 0 Å². The summed E-state index contributed by atoms with van der Waals surface area (Å²) >= 11 is 0. The number of nitrogens with zero attached hydrogens (tertiary/aromatic N) is 2. The van der Waals surface area contributed by atoms with Crippen molar-refractivity contribution >= 4 is 5.69 Å². The molecule has 0 aromatic heterocycles. The zero-order chi connectivity index (χ0) is 8.27. The van der Waals surface area contributed by atoms with Crippen LogP contribution < -0.4 is 0 Å². The van der Waals surface area contributed by atoms with Crippen molar-refractivity contribution in [3.8, 4) is 6.07 Å². The number of benzene rings is 1. The first-order valence-electron chi connectivity index (χ1n) is 2.85. The van der Waals surface area contributed by atoms with E-state index in [4.69, 9.17) is 11.8 Å². The molecule has 0 aliphatic rings. The Bertz CT molecular complexity index is 357. The van der Waals surface area contributed by atoms with Crippen molar-refractivity contribution in [1.82, 2.24) is 0 Å². The van der Waals surface area contributed by atoms with Crippen LogP contribution in [0.15, 0.2) is 18.2 Å². The molecule has 0 heterocycles. The lowest BCUT2D eigenvalue weighted by Crippen LogP contribution is -1.79. The summed E-state index contributed by atoms with van der Waals surface area (Å²) in [5, 5.41) is 8.31. The molecule has 0 unspecified atom stereocenters. The van der Waals surface area contributed by atoms with Gasteiger partial charge in [-0.3, -0.25) is 0 Å². The zero-order valence-corrected chi connectivity index (χ0v) is 5.50. The number of rotatable bonds is 0. The van der Waals surface area contributed by atoms with Crippen molar-refractivity contribution in [1.29, 1.82) is 5.26 Å². The second-order valence-corrected chi connectivity index (χ2v) is 1.89. The SMILES string of the molecule is [C-]#[N+]c1ccc(C#N)c(F)c1. The Kier molecular flexibility index (Phi) is 1.85. The number of hydrogen-bond acceptors (Lipinski definition) is 1. The first-order chi connectivity index (χ1) is 5.27. The van der Waals surface area contributed by atoms with Gasteiger partial charge in [-0.15, -0.1) is 0 Å². The summed E-state index contributed by atoms with van der Waals surface area (Å²) in [7, 11) is 0. The Labute approximate surface area is 63.3 Å². The Morgan fingerprint density at radius 1 is 1.55 bits per heavy atom. The standard InChI is InChI=1S/C8H3FN2/c1-11-7-3-2-6(5-10)8(9)4-7/h2-4H. The Balaban J connectivity index is 3.25. The minimum Gasteiger partial charge on any atom is -0.238 e. The van der Waals surface area contributed by atoms with Gasteiger partial charge in [0.15, 0.2) is 5.69 Å². The smallest absolute Gasteiger partial charge is 0.190 e. The number of nitriles is 1. The van der Waals surface area contributed by atoms with Gasteiger partial charge < -0.3 is 0 Å². The lowest BCUT2D eigenvalue weighted by Gasteiger charge is -1.91. The highest BCUT2D eigenvalue weighted by molar-refractivity contribution is 5.48. The van der Waals surface area contributed by atoms with E-state index in [-0.39, 0.29) is 11.3 Å². The van der Waals surface area contributed by atoms with Crippen LogP contribution in [-0.4, -0.2) is 0 Å². The van der Waals surface area contributed by atoms with Crippen LogP contribution in [0.4, 0.5) is 10.1 Å². The molecule has 52 valence electrons. The maximum atomic E-state index is 12.7. The van der Waals surface area contributed by atoms with E-state index in [9.17, 15) is 4.39 Å². The summed E-state index contributed by atoms with van der Waals surface area (Å²) in [6, 6.07) is 5.42. The maximum absolute atomic E-state index is 12.7. The van der Waals surface area contributed by atoms with E-state index in [0.29, 0.717) is 0 Å². The van der Waals surface area contributed by atoms with Gasteiger partial charge in [0, 0.05) is 0 Å². The van der Waals surface area contributed by atoms with Crippen LogP contribution in [0.1, 0.15) is 5.56 Å². The molecule has 1 rings (SSSR count). The van der Waals surface area contributed by atoms with E-state index in [2.05, 4.69) is 4.85 Å². The van der Waals surface area contributed by atoms with Crippen LogP contribution in [0.2, 0.25) is 0 Å². The molecule has 0 atom stereocenters. The molecule has 0 saturated heterocycles. The summed E-state index contributed by atoms with van der Waals surface area (Å²) < 4.78 is 12.7. The van der Waals surface area contributed by atoms with E-state index in [1.54, 1.807) is 6.07 Å². The van der Waals surface area contributed by atoms with Crippen LogP contribution in [0.5, 0.6) is 0 Å². The third-order valence-corrected chi connectivity index (χ3v) is 1.20. The molecule has 0 amide bonds. The van der Waals surface area contributed by atoms with Crippen molar-refractivity contribution in [2.24, 2.45) is 0 Å². The molecule has 0 aliphatic heterocycles. The molecule has 0 saturated carbocycles. The van der Waals surface area contributed by atoms with Gasteiger partial charge in [-0.2, -0.15) is 5.26 Å². The lowest BCUT2D eigenvalue weighted by atomic mass is 10.2. The third kappa shape index (κ3) is 1.33. The summed E-state index contributed by atoms with van der Waals surface area (Å²) in [6.45, 7) is 6.54. The quantitative estimate of drug-likeness (QED) is 0.516. The van der Waals surface area contributed by atoms with Crippen LogP contribution in [0.3, 0.4) is 0 Å². The molecular weight excluding hydrogens is 143 g/mol. The summed E-state index contributed by atoms with van der Waals surface area (Å²) in [4.78, 5) is 3.01. The van der Waals surface area contributed by atoms with Crippen molar-refractivity contribution in [3.05, 3.63) is 41.0 Å². The fourth-order valence-corrected chi connectivity index (χ4v) is 0.664. The van der Waals surface area contributed by atoms with Gasteiger partial charge in [-0.05, 0) is 6.07 Å². The molecule has 0 N–H and O–H groups in total. The van der Waals surface area contributed by atoms with E-state index >= 15 is 0 Å². The molecule has 0 aliphatic carbocycles. The number of hydrogen-bond donors (Lipinski definition) is 0. The molecule has 1 aromatic rings. The second kappa shape index (κ2) is 2.81. The molecule has 0 radical (unpaired) electrons. The predicted octanol–water partition coefficient (Wildman–Crippen LogP) is 2.25. The first kappa shape index (κ1) is 7.24. The van der Waals surface area contributed by atoms with Crippen LogP contribution in [0.25, 0.3) is 4.85 Å². The summed E-state index contributed by atoms with van der Waals surface area (Å²) in [5.41, 5.74) is 0.180. The first-order valence-corrected chi connectivity index (χ1v) is 2.85. The van der Waals surface area contributed by atoms with Crippen molar-refractivity contribution in [2.75, 3.05) is 0 Å². The fraction of sp³-hybridized carbons (Fsp3) is 0. The van der Waals surface area contributed by atoms with Gasteiger partial charge in [0.25, 0.3) is 0 Å². The Morgan fingerprint density at radius 3 is 2.73 bits per heavy atom.